The van der Waals surface area contributed by atoms with E-state index < -0.39 is 0 Å². The van der Waals surface area contributed by atoms with Gasteiger partial charge in [0.25, 0.3) is 0 Å². The maximum atomic E-state index is 11.1. The molecule has 2 amide bonds. The molecule has 0 aliphatic carbocycles. The fourth-order valence-corrected chi connectivity index (χ4v) is 3.68. The summed E-state index contributed by atoms with van der Waals surface area (Å²) in [6.45, 7) is 0.774. The van der Waals surface area contributed by atoms with Crippen LogP contribution in [0.4, 0.5) is 4.79 Å². The van der Waals surface area contributed by atoms with E-state index in [1.54, 1.807) is 0 Å². The number of rotatable bonds is 4. The minimum Gasteiger partial charge on any atom is -0.332 e. The van der Waals surface area contributed by atoms with Gasteiger partial charge in [0.2, 0.25) is 0 Å². The van der Waals surface area contributed by atoms with Crippen molar-refractivity contribution in [3.8, 4) is 0 Å². The molecule has 2 heterocycles. The molecule has 2 rings (SSSR count). The fourth-order valence-electron chi connectivity index (χ4n) is 2.13. The van der Waals surface area contributed by atoms with E-state index in [2.05, 4.69) is 10.6 Å². The average Bonchev–Trinajstić information content (AvgIpc) is 2.66. The van der Waals surface area contributed by atoms with E-state index in [1.807, 2.05) is 11.8 Å². The highest BCUT2D eigenvalue weighted by molar-refractivity contribution is 8.00. The van der Waals surface area contributed by atoms with Crippen LogP contribution < -0.4 is 16.4 Å². The maximum absolute atomic E-state index is 11.1. The molecule has 4 nitrogen and oxygen atoms in total. The molecule has 0 aromatic heterocycles. The fraction of sp³-hybridized carbons (Fsp3) is 0.889. The molecule has 2 saturated heterocycles. The zero-order valence-corrected chi connectivity index (χ0v) is 8.98. The minimum absolute atomic E-state index is 0.00382. The van der Waals surface area contributed by atoms with Crippen LogP contribution in [0.25, 0.3) is 0 Å². The number of carbonyl (C=O) groups is 1. The van der Waals surface area contributed by atoms with Gasteiger partial charge in [-0.25, -0.2) is 4.79 Å². The molecule has 0 saturated carbocycles. The second kappa shape index (κ2) is 4.40. The highest BCUT2D eigenvalue weighted by Gasteiger charge is 2.42. The van der Waals surface area contributed by atoms with E-state index in [-0.39, 0.29) is 6.03 Å². The van der Waals surface area contributed by atoms with Crippen molar-refractivity contribution in [2.24, 2.45) is 5.73 Å². The summed E-state index contributed by atoms with van der Waals surface area (Å²) in [6.07, 6.45) is 3.44. The Morgan fingerprint density at radius 2 is 2.29 bits per heavy atom. The van der Waals surface area contributed by atoms with E-state index in [4.69, 9.17) is 5.73 Å². The van der Waals surface area contributed by atoms with Crippen LogP contribution in [0.5, 0.6) is 0 Å². The van der Waals surface area contributed by atoms with Crippen molar-refractivity contribution < 1.29 is 4.79 Å². The Balaban J connectivity index is 1.80. The first kappa shape index (κ1) is 10.1. The number of amides is 2. The average molecular weight is 215 g/mol. The first-order valence-electron chi connectivity index (χ1n) is 5.20. The molecule has 1 unspecified atom stereocenters. The van der Waals surface area contributed by atoms with Gasteiger partial charge in [0.05, 0.1) is 12.1 Å². The van der Waals surface area contributed by atoms with Gasteiger partial charge in [0.15, 0.2) is 0 Å². The van der Waals surface area contributed by atoms with Crippen LogP contribution in [0.2, 0.25) is 0 Å². The lowest BCUT2D eigenvalue weighted by Crippen LogP contribution is -2.36. The summed E-state index contributed by atoms with van der Waals surface area (Å²) >= 11 is 1.97. The molecule has 5 heteroatoms. The number of unbranched alkanes of at least 4 members (excludes halogenated alkanes) is 1. The highest BCUT2D eigenvalue weighted by atomic mass is 32.2. The molecule has 2 fully saturated rings. The van der Waals surface area contributed by atoms with Crippen LogP contribution in [0.1, 0.15) is 19.3 Å². The summed E-state index contributed by atoms with van der Waals surface area (Å²) in [6, 6.07) is 0.713. The molecule has 14 heavy (non-hydrogen) atoms. The Morgan fingerprint density at radius 3 is 3.07 bits per heavy atom. The first-order valence-corrected chi connectivity index (χ1v) is 6.25. The molecule has 0 aromatic carbocycles. The summed E-state index contributed by atoms with van der Waals surface area (Å²) in [7, 11) is 0. The molecular formula is C9H17N3OS. The van der Waals surface area contributed by atoms with Gasteiger partial charge in [0, 0.05) is 11.0 Å². The quantitative estimate of drug-likeness (QED) is 0.466. The highest BCUT2D eigenvalue weighted by Crippen LogP contribution is 2.32. The van der Waals surface area contributed by atoms with Crippen molar-refractivity contribution in [2.75, 3.05) is 12.3 Å². The lowest BCUT2D eigenvalue weighted by molar-refractivity contribution is 0.247. The van der Waals surface area contributed by atoms with Gasteiger partial charge in [-0.3, -0.25) is 0 Å². The number of fused-ring (bicyclic) bond motifs is 1. The van der Waals surface area contributed by atoms with Crippen LogP contribution in [0.15, 0.2) is 0 Å². The molecule has 2 aliphatic rings. The van der Waals surface area contributed by atoms with Gasteiger partial charge in [-0.1, -0.05) is 6.42 Å². The van der Waals surface area contributed by atoms with Gasteiger partial charge in [0.1, 0.15) is 0 Å². The molecule has 0 spiro atoms. The zero-order chi connectivity index (χ0) is 9.97. The summed E-state index contributed by atoms with van der Waals surface area (Å²) in [5, 5.41) is 6.52. The molecule has 2 aliphatic heterocycles. The molecule has 3 atom stereocenters. The van der Waals surface area contributed by atoms with Gasteiger partial charge in [-0.2, -0.15) is 11.8 Å². The number of carbonyl (C=O) groups excluding carboxylic acids is 1. The molecule has 0 bridgehead atoms. The van der Waals surface area contributed by atoms with Crippen molar-refractivity contribution in [1.29, 1.82) is 0 Å². The SMILES string of the molecule is NCCCCC1SC[C@@H]2NC(=O)N[C@H]12. The molecule has 0 radical (unpaired) electrons. The van der Waals surface area contributed by atoms with E-state index in [1.165, 1.54) is 12.8 Å². The predicted molar refractivity (Wildman–Crippen MR) is 58.4 cm³/mol. The van der Waals surface area contributed by atoms with Crippen molar-refractivity contribution in [2.45, 2.75) is 36.6 Å². The summed E-state index contributed by atoms with van der Waals surface area (Å²) in [4.78, 5) is 11.1. The largest absolute Gasteiger partial charge is 0.332 e. The van der Waals surface area contributed by atoms with E-state index in [0.717, 1.165) is 18.7 Å². The smallest absolute Gasteiger partial charge is 0.315 e. The number of thioether (sulfide) groups is 1. The lowest BCUT2D eigenvalue weighted by Gasteiger charge is -2.16. The third-order valence-corrected chi connectivity index (χ3v) is 4.39. The number of nitrogens with two attached hydrogens (primary N) is 1. The summed E-state index contributed by atoms with van der Waals surface area (Å²) < 4.78 is 0. The molecule has 4 N–H and O–H groups in total. The third-order valence-electron chi connectivity index (χ3n) is 2.88. The Bertz CT molecular complexity index is 224. The summed E-state index contributed by atoms with van der Waals surface area (Å²) in [5.41, 5.74) is 5.45. The topological polar surface area (TPSA) is 67.1 Å². The van der Waals surface area contributed by atoms with Crippen LogP contribution in [-0.4, -0.2) is 35.7 Å². The molecular weight excluding hydrogens is 198 g/mol. The van der Waals surface area contributed by atoms with Crippen molar-refractivity contribution in [3.63, 3.8) is 0 Å². The van der Waals surface area contributed by atoms with Gasteiger partial charge in [-0.05, 0) is 19.4 Å². The van der Waals surface area contributed by atoms with Crippen LogP contribution >= 0.6 is 11.8 Å². The van der Waals surface area contributed by atoms with Crippen molar-refractivity contribution in [1.82, 2.24) is 10.6 Å². The van der Waals surface area contributed by atoms with E-state index in [9.17, 15) is 4.79 Å². The zero-order valence-electron chi connectivity index (χ0n) is 8.16. The standard InChI is InChI=1S/C9H17N3OS/c10-4-2-1-3-7-8-6(5-14-7)11-9(13)12-8/h6-8H,1-5,10H2,(H2,11,12,13)/t6-,7?,8-/m0/s1. The first-order chi connectivity index (χ1) is 6.81. The van der Waals surface area contributed by atoms with Gasteiger partial charge in [-0.15, -0.1) is 0 Å². The predicted octanol–water partition coefficient (Wildman–Crippen LogP) is 0.281. The number of nitrogens with one attached hydrogen (secondary N) is 2. The number of hydrogen-bond donors (Lipinski definition) is 3. The van der Waals surface area contributed by atoms with Crippen molar-refractivity contribution in [3.05, 3.63) is 0 Å². The van der Waals surface area contributed by atoms with Gasteiger partial charge >= 0.3 is 6.03 Å². The van der Waals surface area contributed by atoms with Crippen molar-refractivity contribution >= 4 is 17.8 Å². The minimum atomic E-state index is 0.00382. The third kappa shape index (κ3) is 1.98. The van der Waals surface area contributed by atoms with Gasteiger partial charge < -0.3 is 16.4 Å². The Kier molecular flexibility index (Phi) is 3.18. The Morgan fingerprint density at radius 1 is 1.43 bits per heavy atom. The van der Waals surface area contributed by atoms with Crippen LogP contribution in [-0.2, 0) is 0 Å². The summed E-state index contributed by atoms with van der Waals surface area (Å²) in [5.74, 6) is 1.05. The normalized spacial score (nSPS) is 35.2. The molecule has 0 aromatic rings. The number of hydrogen-bond acceptors (Lipinski definition) is 3. The lowest BCUT2D eigenvalue weighted by atomic mass is 10.0. The second-order valence-corrected chi connectivity index (χ2v) is 5.18. The second-order valence-electron chi connectivity index (χ2n) is 3.91. The monoisotopic (exact) mass is 215 g/mol. The number of urea groups is 1. The Hall–Kier alpha value is -0.420. The van der Waals surface area contributed by atoms with Crippen LogP contribution in [0.3, 0.4) is 0 Å². The maximum Gasteiger partial charge on any atom is 0.315 e. The van der Waals surface area contributed by atoms with E-state index >= 15 is 0 Å². The Labute approximate surface area is 88.4 Å². The van der Waals surface area contributed by atoms with E-state index in [0.29, 0.717) is 17.3 Å². The van der Waals surface area contributed by atoms with Crippen LogP contribution in [0, 0.1) is 0 Å². The molecule has 80 valence electrons.